The van der Waals surface area contributed by atoms with Crippen LogP contribution < -0.4 is 9.47 Å². The highest BCUT2D eigenvalue weighted by Crippen LogP contribution is 2.40. The van der Waals surface area contributed by atoms with Crippen LogP contribution in [-0.2, 0) is 9.05 Å². The Morgan fingerprint density at radius 1 is 1.09 bits per heavy atom. The predicted molar refractivity (Wildman–Crippen MR) is 90.3 cm³/mol. The third kappa shape index (κ3) is 4.00. The maximum Gasteiger partial charge on any atom is 0.265 e. The first-order valence-corrected chi connectivity index (χ1v) is 9.53. The fourth-order valence-corrected chi connectivity index (χ4v) is 3.95. The molecule has 9 heteroatoms. The van der Waals surface area contributed by atoms with Gasteiger partial charge in [-0.25, -0.2) is 8.42 Å². The maximum absolute atomic E-state index is 11.6. The average molecular weight is 447 g/mol. The zero-order valence-corrected chi connectivity index (χ0v) is 15.6. The monoisotopic (exact) mass is 444 g/mol. The Bertz CT molecular complexity index is 801. The van der Waals surface area contributed by atoms with Gasteiger partial charge < -0.3 is 9.47 Å². The normalized spacial score (nSPS) is 11.3. The van der Waals surface area contributed by atoms with Crippen LogP contribution in [0.2, 0.25) is 10.0 Å². The van der Waals surface area contributed by atoms with E-state index >= 15 is 0 Å². The molecule has 0 unspecified atom stereocenters. The van der Waals surface area contributed by atoms with Crippen molar-refractivity contribution in [1.82, 2.24) is 0 Å². The van der Waals surface area contributed by atoms with Crippen LogP contribution in [0, 0.1) is 0 Å². The van der Waals surface area contributed by atoms with Crippen molar-refractivity contribution in [2.24, 2.45) is 0 Å². The summed E-state index contributed by atoms with van der Waals surface area (Å²) >= 11 is 15.4. The third-order valence-electron chi connectivity index (χ3n) is 2.58. The molecule has 22 heavy (non-hydrogen) atoms. The molecule has 0 bridgehead atoms. The number of ether oxygens (including phenoxy) is 2. The van der Waals surface area contributed by atoms with Crippen LogP contribution in [0.25, 0.3) is 0 Å². The molecular weight excluding hydrogens is 438 g/mol. The van der Waals surface area contributed by atoms with Gasteiger partial charge in [-0.05, 0) is 24.3 Å². The molecule has 4 nitrogen and oxygen atoms in total. The van der Waals surface area contributed by atoms with Crippen LogP contribution in [0.5, 0.6) is 17.2 Å². The largest absolute Gasteiger partial charge is 0.495 e. The first kappa shape index (κ1) is 17.7. The first-order valence-electron chi connectivity index (χ1n) is 5.67. The molecule has 0 spiro atoms. The summed E-state index contributed by atoms with van der Waals surface area (Å²) in [5, 5.41) is 0.538. The van der Waals surface area contributed by atoms with Crippen LogP contribution in [-0.4, -0.2) is 15.5 Å². The molecule has 118 valence electrons. The number of hydrogen-bond acceptors (Lipinski definition) is 4. The molecule has 0 radical (unpaired) electrons. The van der Waals surface area contributed by atoms with Gasteiger partial charge in [0, 0.05) is 21.2 Å². The smallest absolute Gasteiger partial charge is 0.265 e. The van der Waals surface area contributed by atoms with Gasteiger partial charge in [0.1, 0.15) is 16.4 Å². The van der Waals surface area contributed by atoms with E-state index < -0.39 is 9.05 Å². The van der Waals surface area contributed by atoms with Crippen LogP contribution >= 0.6 is 49.8 Å². The quantitative estimate of drug-likeness (QED) is 0.583. The maximum atomic E-state index is 11.6. The molecule has 0 aliphatic carbocycles. The van der Waals surface area contributed by atoms with Gasteiger partial charge in [-0.2, -0.15) is 0 Å². The van der Waals surface area contributed by atoms with E-state index in [1.54, 1.807) is 12.1 Å². The standard InChI is InChI=1S/C13H8BrCl3O4S/c1-20-11-3-2-8(6-12(11)22(17,18)19)21-13-9(15)4-7(14)5-10(13)16/h2-6H,1H3. The molecule has 2 aromatic rings. The molecule has 2 aromatic carbocycles. The van der Waals surface area contributed by atoms with Crippen molar-refractivity contribution in [2.45, 2.75) is 4.90 Å². The SMILES string of the molecule is COc1ccc(Oc2c(Cl)cc(Br)cc2Cl)cc1S(=O)(=O)Cl. The molecule has 0 aliphatic heterocycles. The lowest BCUT2D eigenvalue weighted by atomic mass is 10.3. The van der Waals surface area contributed by atoms with Crippen molar-refractivity contribution in [1.29, 1.82) is 0 Å². The van der Waals surface area contributed by atoms with E-state index in [1.807, 2.05) is 0 Å². The lowest BCUT2D eigenvalue weighted by molar-refractivity contribution is 0.400. The van der Waals surface area contributed by atoms with E-state index in [9.17, 15) is 8.42 Å². The van der Waals surface area contributed by atoms with Crippen molar-refractivity contribution < 1.29 is 17.9 Å². The zero-order chi connectivity index (χ0) is 16.5. The molecule has 0 heterocycles. The van der Waals surface area contributed by atoms with Crippen molar-refractivity contribution >= 4 is 58.9 Å². The second-order valence-electron chi connectivity index (χ2n) is 4.05. The molecule has 0 aromatic heterocycles. The fourth-order valence-electron chi connectivity index (χ4n) is 1.66. The lowest BCUT2D eigenvalue weighted by Gasteiger charge is -2.12. The minimum Gasteiger partial charge on any atom is -0.495 e. The Labute approximate surface area is 150 Å². The van der Waals surface area contributed by atoms with Crippen molar-refractivity contribution in [3.05, 3.63) is 44.8 Å². The molecule has 0 N–H and O–H groups in total. The van der Waals surface area contributed by atoms with E-state index in [2.05, 4.69) is 15.9 Å². The van der Waals surface area contributed by atoms with Crippen LogP contribution in [0.1, 0.15) is 0 Å². The summed E-state index contributed by atoms with van der Waals surface area (Å²) in [6.07, 6.45) is 0. The van der Waals surface area contributed by atoms with Gasteiger partial charge in [0.15, 0.2) is 5.75 Å². The molecule has 0 atom stereocenters. The van der Waals surface area contributed by atoms with E-state index in [-0.39, 0.29) is 32.2 Å². The van der Waals surface area contributed by atoms with Gasteiger partial charge >= 0.3 is 0 Å². The molecule has 0 saturated carbocycles. The lowest BCUT2D eigenvalue weighted by Crippen LogP contribution is -1.97. The Morgan fingerprint density at radius 3 is 2.18 bits per heavy atom. The van der Waals surface area contributed by atoms with E-state index in [0.717, 1.165) is 0 Å². The van der Waals surface area contributed by atoms with E-state index in [4.69, 9.17) is 43.4 Å². The summed E-state index contributed by atoms with van der Waals surface area (Å²) in [5.74, 6) is 0.510. The second kappa shape index (κ2) is 6.84. The van der Waals surface area contributed by atoms with Crippen molar-refractivity contribution in [3.63, 3.8) is 0 Å². The Hall–Kier alpha value is -0.660. The first-order chi connectivity index (χ1) is 10.2. The third-order valence-corrected chi connectivity index (χ3v) is 4.94. The Balaban J connectivity index is 2.48. The number of rotatable bonds is 4. The number of hydrogen-bond donors (Lipinski definition) is 0. The summed E-state index contributed by atoms with van der Waals surface area (Å²) in [5.41, 5.74) is 0. The highest BCUT2D eigenvalue weighted by molar-refractivity contribution is 9.10. The second-order valence-corrected chi connectivity index (χ2v) is 8.32. The molecule has 0 amide bonds. The average Bonchev–Trinajstić information content (AvgIpc) is 2.41. The minimum absolute atomic E-state index is 0.107. The predicted octanol–water partition coefficient (Wildman–Crippen LogP) is 5.48. The summed E-state index contributed by atoms with van der Waals surface area (Å²) in [6.45, 7) is 0. The van der Waals surface area contributed by atoms with Gasteiger partial charge in [0.2, 0.25) is 0 Å². The molecule has 0 fully saturated rings. The molecule has 2 rings (SSSR count). The van der Waals surface area contributed by atoms with Gasteiger partial charge in [-0.3, -0.25) is 0 Å². The summed E-state index contributed by atoms with van der Waals surface area (Å²) in [4.78, 5) is -0.210. The van der Waals surface area contributed by atoms with E-state index in [1.165, 1.54) is 25.3 Å². The fraction of sp³-hybridized carbons (Fsp3) is 0.0769. The van der Waals surface area contributed by atoms with Gasteiger partial charge in [0.25, 0.3) is 9.05 Å². The highest BCUT2D eigenvalue weighted by Gasteiger charge is 2.19. The van der Waals surface area contributed by atoms with Gasteiger partial charge in [-0.1, -0.05) is 39.1 Å². The summed E-state index contributed by atoms with van der Waals surface area (Å²) in [7, 11) is 2.72. The van der Waals surface area contributed by atoms with Gasteiger partial charge in [0.05, 0.1) is 17.2 Å². The van der Waals surface area contributed by atoms with Crippen LogP contribution in [0.3, 0.4) is 0 Å². The topological polar surface area (TPSA) is 52.6 Å². The Kier molecular flexibility index (Phi) is 5.50. The van der Waals surface area contributed by atoms with Crippen LogP contribution in [0.15, 0.2) is 39.7 Å². The number of benzene rings is 2. The number of methoxy groups -OCH3 is 1. The molecule has 0 saturated heterocycles. The van der Waals surface area contributed by atoms with E-state index in [0.29, 0.717) is 4.47 Å². The van der Waals surface area contributed by atoms with Crippen molar-refractivity contribution in [3.8, 4) is 17.2 Å². The number of halogens is 4. The minimum atomic E-state index is -3.99. The van der Waals surface area contributed by atoms with Crippen LogP contribution in [0.4, 0.5) is 0 Å². The summed E-state index contributed by atoms with van der Waals surface area (Å²) in [6, 6.07) is 7.37. The molecular formula is C13H8BrCl3O4S. The molecule has 0 aliphatic rings. The Morgan fingerprint density at radius 2 is 1.68 bits per heavy atom. The highest BCUT2D eigenvalue weighted by atomic mass is 79.9. The van der Waals surface area contributed by atoms with Crippen molar-refractivity contribution in [2.75, 3.05) is 7.11 Å². The zero-order valence-electron chi connectivity index (χ0n) is 10.9. The van der Waals surface area contributed by atoms with Gasteiger partial charge in [-0.15, -0.1) is 0 Å². The summed E-state index contributed by atoms with van der Waals surface area (Å²) < 4.78 is 34.4.